The number of nitrogens with zero attached hydrogens (tertiary/aromatic N) is 3. The highest BCUT2D eigenvalue weighted by Crippen LogP contribution is 2.29. The Morgan fingerprint density at radius 3 is 2.65 bits per heavy atom. The van der Waals surface area contributed by atoms with Gasteiger partial charge in [0.2, 0.25) is 5.91 Å². The topological polar surface area (TPSA) is 104 Å². The maximum absolute atomic E-state index is 12.3. The summed E-state index contributed by atoms with van der Waals surface area (Å²) in [4.78, 5) is 12.3. The quantitative estimate of drug-likeness (QED) is 0.759. The van der Waals surface area contributed by atoms with Crippen molar-refractivity contribution in [3.8, 4) is 0 Å². The average molecular weight is 321 g/mol. The van der Waals surface area contributed by atoms with Crippen LogP contribution in [-0.4, -0.2) is 43.8 Å². The highest BCUT2D eigenvalue weighted by atomic mass is 16.3. The van der Waals surface area contributed by atoms with Crippen LogP contribution in [0.3, 0.4) is 0 Å². The maximum atomic E-state index is 12.3. The lowest BCUT2D eigenvalue weighted by Gasteiger charge is -2.32. The number of carbonyl (C=O) groups is 1. The molecular formula is C16H27N5O2. The van der Waals surface area contributed by atoms with Gasteiger partial charge in [0.25, 0.3) is 0 Å². The first kappa shape index (κ1) is 16.4. The largest absolute Gasteiger partial charge is 0.392 e. The SMILES string of the molecule is O=C(NC1CCC(CCc2nn[nH]n2)CC1)C1CCCCC1O. The lowest BCUT2D eigenvalue weighted by molar-refractivity contribution is -0.131. The van der Waals surface area contributed by atoms with Gasteiger partial charge in [-0.3, -0.25) is 4.79 Å². The van der Waals surface area contributed by atoms with E-state index in [1.54, 1.807) is 0 Å². The van der Waals surface area contributed by atoms with E-state index in [1.165, 1.54) is 0 Å². The molecule has 0 radical (unpaired) electrons. The highest BCUT2D eigenvalue weighted by molar-refractivity contribution is 5.79. The Kier molecular flexibility index (Phi) is 5.59. The predicted molar refractivity (Wildman–Crippen MR) is 84.4 cm³/mol. The standard InChI is InChI=1S/C16H27N5O2/c22-14-4-2-1-3-13(14)16(23)17-12-8-5-11(6-9-12)7-10-15-18-20-21-19-15/h11-14,22H,1-10H2,(H,17,23)(H,18,19,20,21). The predicted octanol–water partition coefficient (Wildman–Crippen LogP) is 1.36. The Labute approximate surface area is 136 Å². The lowest BCUT2D eigenvalue weighted by atomic mass is 9.82. The Hall–Kier alpha value is -1.50. The fraction of sp³-hybridized carbons (Fsp3) is 0.875. The van der Waals surface area contributed by atoms with Crippen molar-refractivity contribution in [3.63, 3.8) is 0 Å². The summed E-state index contributed by atoms with van der Waals surface area (Å²) in [7, 11) is 0. The molecule has 0 aliphatic heterocycles. The van der Waals surface area contributed by atoms with E-state index in [-0.39, 0.29) is 17.9 Å². The normalized spacial score (nSPS) is 31.7. The van der Waals surface area contributed by atoms with Gasteiger partial charge in [-0.2, -0.15) is 5.21 Å². The average Bonchev–Trinajstić information content (AvgIpc) is 3.08. The number of tetrazole rings is 1. The van der Waals surface area contributed by atoms with Gasteiger partial charge in [0, 0.05) is 12.5 Å². The van der Waals surface area contributed by atoms with Crippen molar-refractivity contribution in [2.24, 2.45) is 11.8 Å². The van der Waals surface area contributed by atoms with E-state index in [9.17, 15) is 9.90 Å². The number of aliphatic hydroxyl groups excluding tert-OH is 1. The molecule has 2 atom stereocenters. The van der Waals surface area contributed by atoms with Crippen molar-refractivity contribution in [2.45, 2.75) is 76.4 Å². The van der Waals surface area contributed by atoms with Gasteiger partial charge in [0.05, 0.1) is 12.0 Å². The molecule has 3 rings (SSSR count). The van der Waals surface area contributed by atoms with E-state index in [0.29, 0.717) is 5.92 Å². The van der Waals surface area contributed by atoms with Gasteiger partial charge >= 0.3 is 0 Å². The third-order valence-electron chi connectivity index (χ3n) is 5.42. The van der Waals surface area contributed by atoms with Gasteiger partial charge in [0.15, 0.2) is 5.82 Å². The number of aromatic nitrogens is 4. The number of hydrogen-bond donors (Lipinski definition) is 3. The zero-order valence-corrected chi connectivity index (χ0v) is 13.6. The third kappa shape index (κ3) is 4.50. The Morgan fingerprint density at radius 1 is 1.17 bits per heavy atom. The van der Waals surface area contributed by atoms with Crippen molar-refractivity contribution < 1.29 is 9.90 Å². The van der Waals surface area contributed by atoms with Gasteiger partial charge in [-0.05, 0) is 50.9 Å². The van der Waals surface area contributed by atoms with Crippen LogP contribution in [0.5, 0.6) is 0 Å². The Bertz CT molecular complexity index is 485. The number of nitrogens with one attached hydrogen (secondary N) is 2. The zero-order chi connectivity index (χ0) is 16.1. The van der Waals surface area contributed by atoms with Crippen LogP contribution >= 0.6 is 0 Å². The third-order valence-corrected chi connectivity index (χ3v) is 5.42. The molecule has 3 N–H and O–H groups in total. The zero-order valence-electron chi connectivity index (χ0n) is 13.6. The van der Waals surface area contributed by atoms with Crippen LogP contribution < -0.4 is 5.32 Å². The monoisotopic (exact) mass is 321 g/mol. The summed E-state index contributed by atoms with van der Waals surface area (Å²) in [5.41, 5.74) is 0. The van der Waals surface area contributed by atoms with Crippen LogP contribution in [0.4, 0.5) is 0 Å². The summed E-state index contributed by atoms with van der Waals surface area (Å²) in [5, 5.41) is 27.2. The molecule has 1 amide bonds. The molecule has 2 fully saturated rings. The van der Waals surface area contributed by atoms with Gasteiger partial charge < -0.3 is 10.4 Å². The van der Waals surface area contributed by atoms with E-state index < -0.39 is 6.10 Å². The van der Waals surface area contributed by atoms with Crippen molar-refractivity contribution in [1.29, 1.82) is 0 Å². The van der Waals surface area contributed by atoms with Crippen LogP contribution in [-0.2, 0) is 11.2 Å². The molecule has 0 spiro atoms. The first-order chi connectivity index (χ1) is 11.2. The summed E-state index contributed by atoms with van der Waals surface area (Å²) in [6.45, 7) is 0. The second-order valence-corrected chi connectivity index (χ2v) is 7.05. The molecule has 0 saturated heterocycles. The Balaban J connectivity index is 1.37. The van der Waals surface area contributed by atoms with Crippen LogP contribution in [0.2, 0.25) is 0 Å². The van der Waals surface area contributed by atoms with Gasteiger partial charge in [0.1, 0.15) is 0 Å². The second-order valence-electron chi connectivity index (χ2n) is 7.05. The second kappa shape index (κ2) is 7.86. The summed E-state index contributed by atoms with van der Waals surface area (Å²) in [6.07, 6.45) is 9.52. The number of rotatable bonds is 5. The van der Waals surface area contributed by atoms with Crippen LogP contribution in [0.1, 0.15) is 63.6 Å². The van der Waals surface area contributed by atoms with E-state index in [0.717, 1.165) is 70.0 Å². The molecule has 1 aromatic heterocycles. The molecule has 7 heteroatoms. The molecule has 2 unspecified atom stereocenters. The van der Waals surface area contributed by atoms with E-state index in [1.807, 2.05) is 0 Å². The molecule has 2 aliphatic carbocycles. The number of amides is 1. The molecule has 0 aromatic carbocycles. The maximum Gasteiger partial charge on any atom is 0.225 e. The number of hydrogen-bond acceptors (Lipinski definition) is 5. The smallest absolute Gasteiger partial charge is 0.225 e. The van der Waals surface area contributed by atoms with E-state index in [4.69, 9.17) is 0 Å². The van der Waals surface area contributed by atoms with Crippen molar-refractivity contribution in [2.75, 3.05) is 0 Å². The van der Waals surface area contributed by atoms with Gasteiger partial charge in [-0.1, -0.05) is 18.1 Å². The van der Waals surface area contributed by atoms with Crippen molar-refractivity contribution >= 4 is 5.91 Å². The first-order valence-corrected chi connectivity index (χ1v) is 8.93. The van der Waals surface area contributed by atoms with Crippen molar-refractivity contribution in [3.05, 3.63) is 5.82 Å². The van der Waals surface area contributed by atoms with Crippen LogP contribution in [0, 0.1) is 11.8 Å². The number of aliphatic hydroxyl groups is 1. The fourth-order valence-electron chi connectivity index (χ4n) is 3.94. The van der Waals surface area contributed by atoms with Gasteiger partial charge in [-0.15, -0.1) is 10.2 Å². The molecule has 2 saturated carbocycles. The molecule has 1 heterocycles. The summed E-state index contributed by atoms with van der Waals surface area (Å²) < 4.78 is 0. The number of aryl methyl sites for hydroxylation is 1. The van der Waals surface area contributed by atoms with E-state index >= 15 is 0 Å². The number of aromatic amines is 1. The van der Waals surface area contributed by atoms with E-state index in [2.05, 4.69) is 25.9 Å². The number of H-pyrrole nitrogens is 1. The van der Waals surface area contributed by atoms with Crippen molar-refractivity contribution in [1.82, 2.24) is 25.9 Å². The minimum atomic E-state index is -0.449. The molecule has 2 aliphatic rings. The summed E-state index contributed by atoms with van der Waals surface area (Å²) in [5.74, 6) is 1.33. The van der Waals surface area contributed by atoms with Gasteiger partial charge in [-0.25, -0.2) is 0 Å². The Morgan fingerprint density at radius 2 is 1.96 bits per heavy atom. The first-order valence-electron chi connectivity index (χ1n) is 8.93. The fourth-order valence-corrected chi connectivity index (χ4v) is 3.94. The molecule has 23 heavy (non-hydrogen) atoms. The van der Waals surface area contributed by atoms with Crippen LogP contribution in [0.15, 0.2) is 0 Å². The summed E-state index contributed by atoms with van der Waals surface area (Å²) in [6, 6.07) is 0.276. The molecule has 128 valence electrons. The van der Waals surface area contributed by atoms with Crippen LogP contribution in [0.25, 0.3) is 0 Å². The molecule has 7 nitrogen and oxygen atoms in total. The molecule has 1 aromatic rings. The molecular weight excluding hydrogens is 294 g/mol. The summed E-state index contributed by atoms with van der Waals surface area (Å²) >= 11 is 0. The highest BCUT2D eigenvalue weighted by Gasteiger charge is 2.31. The lowest BCUT2D eigenvalue weighted by Crippen LogP contribution is -2.45. The minimum absolute atomic E-state index is 0.0625. The number of carbonyl (C=O) groups excluding carboxylic acids is 1. The molecule has 0 bridgehead atoms. The minimum Gasteiger partial charge on any atom is -0.392 e.